The lowest BCUT2D eigenvalue weighted by molar-refractivity contribution is -0.147. The summed E-state index contributed by atoms with van der Waals surface area (Å²) in [6.07, 6.45) is 1.34. The van der Waals surface area contributed by atoms with Crippen molar-refractivity contribution in [2.75, 3.05) is 12.3 Å². The van der Waals surface area contributed by atoms with Gasteiger partial charge in [-0.15, -0.1) is 11.8 Å². The van der Waals surface area contributed by atoms with E-state index in [-0.39, 0.29) is 5.91 Å². The highest BCUT2D eigenvalue weighted by Gasteiger charge is 2.33. The summed E-state index contributed by atoms with van der Waals surface area (Å²) >= 11 is 1.48. The summed E-state index contributed by atoms with van der Waals surface area (Å²) < 4.78 is 0. The topological polar surface area (TPSA) is 57.6 Å². The van der Waals surface area contributed by atoms with Crippen LogP contribution in [0.4, 0.5) is 0 Å². The molecule has 0 radical (unpaired) electrons. The van der Waals surface area contributed by atoms with Crippen LogP contribution >= 0.6 is 11.8 Å². The second kappa shape index (κ2) is 6.31. The van der Waals surface area contributed by atoms with E-state index in [1.807, 2.05) is 26.0 Å². The Morgan fingerprint density at radius 3 is 2.80 bits per heavy atom. The van der Waals surface area contributed by atoms with Gasteiger partial charge in [-0.1, -0.05) is 17.7 Å². The molecular weight excluding hydrogens is 274 g/mol. The van der Waals surface area contributed by atoms with E-state index in [0.29, 0.717) is 18.7 Å². The van der Waals surface area contributed by atoms with Crippen molar-refractivity contribution in [1.82, 2.24) is 4.90 Å². The van der Waals surface area contributed by atoms with E-state index >= 15 is 0 Å². The molecule has 1 aromatic carbocycles. The highest BCUT2D eigenvalue weighted by atomic mass is 32.2. The number of hydrogen-bond donors (Lipinski definition) is 1. The summed E-state index contributed by atoms with van der Waals surface area (Å²) in [7, 11) is 0. The molecule has 1 aliphatic heterocycles. The van der Waals surface area contributed by atoms with Gasteiger partial charge < -0.3 is 10.0 Å². The Morgan fingerprint density at radius 2 is 2.15 bits per heavy atom. The van der Waals surface area contributed by atoms with E-state index in [1.54, 1.807) is 0 Å². The van der Waals surface area contributed by atoms with Crippen LogP contribution in [0.3, 0.4) is 0 Å². The Balaban J connectivity index is 1.96. The third kappa shape index (κ3) is 3.33. The van der Waals surface area contributed by atoms with Crippen molar-refractivity contribution in [3.63, 3.8) is 0 Å². The van der Waals surface area contributed by atoms with Crippen LogP contribution < -0.4 is 0 Å². The number of amides is 1. The molecule has 1 atom stereocenters. The molecule has 2 rings (SSSR count). The zero-order valence-corrected chi connectivity index (χ0v) is 12.6. The molecule has 1 amide bonds. The lowest BCUT2D eigenvalue weighted by atomic mass is 10.2. The third-order valence-corrected chi connectivity index (χ3v) is 4.70. The SMILES string of the molecule is Cc1ccc(SCC(=O)N2CCC[C@@H]2C(=O)O)c(C)c1. The van der Waals surface area contributed by atoms with Crippen LogP contribution in [0.1, 0.15) is 24.0 Å². The van der Waals surface area contributed by atoms with Crippen LogP contribution in [0.25, 0.3) is 0 Å². The number of carboxylic acids is 1. The number of aliphatic carboxylic acids is 1. The molecule has 4 nitrogen and oxygen atoms in total. The van der Waals surface area contributed by atoms with E-state index in [2.05, 4.69) is 6.07 Å². The summed E-state index contributed by atoms with van der Waals surface area (Å²) in [6.45, 7) is 4.62. The fourth-order valence-electron chi connectivity index (χ4n) is 2.51. The lowest BCUT2D eigenvalue weighted by Gasteiger charge is -2.21. The van der Waals surface area contributed by atoms with E-state index in [1.165, 1.54) is 22.2 Å². The molecule has 0 bridgehead atoms. The van der Waals surface area contributed by atoms with Gasteiger partial charge in [-0.05, 0) is 38.3 Å². The predicted octanol–water partition coefficient (Wildman–Crippen LogP) is 2.47. The first-order valence-electron chi connectivity index (χ1n) is 6.71. The summed E-state index contributed by atoms with van der Waals surface area (Å²) in [5.74, 6) is -0.680. The maximum atomic E-state index is 12.2. The minimum absolute atomic E-state index is 0.0834. The molecule has 108 valence electrons. The number of benzene rings is 1. The first-order valence-corrected chi connectivity index (χ1v) is 7.70. The van der Waals surface area contributed by atoms with Crippen molar-refractivity contribution in [2.45, 2.75) is 37.6 Å². The Kier molecular flexibility index (Phi) is 4.70. The smallest absolute Gasteiger partial charge is 0.326 e. The van der Waals surface area contributed by atoms with E-state index in [0.717, 1.165) is 16.9 Å². The van der Waals surface area contributed by atoms with Crippen LogP contribution in [-0.4, -0.2) is 40.2 Å². The molecule has 0 aliphatic carbocycles. The Bertz CT molecular complexity index is 530. The number of nitrogens with zero attached hydrogens (tertiary/aromatic N) is 1. The van der Waals surface area contributed by atoms with Crippen LogP contribution in [-0.2, 0) is 9.59 Å². The van der Waals surface area contributed by atoms with Gasteiger partial charge in [0.15, 0.2) is 0 Å². The number of hydrogen-bond acceptors (Lipinski definition) is 3. The lowest BCUT2D eigenvalue weighted by Crippen LogP contribution is -2.41. The molecule has 5 heteroatoms. The summed E-state index contributed by atoms with van der Waals surface area (Å²) in [4.78, 5) is 25.8. The van der Waals surface area contributed by atoms with E-state index < -0.39 is 12.0 Å². The Labute approximate surface area is 123 Å². The molecule has 1 aliphatic rings. The largest absolute Gasteiger partial charge is 0.480 e. The molecule has 0 spiro atoms. The second-order valence-electron chi connectivity index (χ2n) is 5.14. The van der Waals surface area contributed by atoms with Crippen LogP contribution in [0.2, 0.25) is 0 Å². The van der Waals surface area contributed by atoms with Gasteiger partial charge in [0, 0.05) is 11.4 Å². The van der Waals surface area contributed by atoms with Gasteiger partial charge >= 0.3 is 5.97 Å². The second-order valence-corrected chi connectivity index (χ2v) is 6.16. The van der Waals surface area contributed by atoms with Gasteiger partial charge in [-0.2, -0.15) is 0 Å². The van der Waals surface area contributed by atoms with Crippen molar-refractivity contribution in [1.29, 1.82) is 0 Å². The average molecular weight is 293 g/mol. The van der Waals surface area contributed by atoms with Gasteiger partial charge in [-0.25, -0.2) is 4.79 Å². The third-order valence-electron chi connectivity index (χ3n) is 3.54. The Morgan fingerprint density at radius 1 is 1.40 bits per heavy atom. The van der Waals surface area contributed by atoms with Gasteiger partial charge in [0.2, 0.25) is 5.91 Å². The number of carboxylic acid groups (broad SMARTS) is 1. The molecule has 1 saturated heterocycles. The number of carbonyl (C=O) groups is 2. The predicted molar refractivity (Wildman–Crippen MR) is 79.0 cm³/mol. The van der Waals surface area contributed by atoms with Gasteiger partial charge in [0.05, 0.1) is 5.75 Å². The van der Waals surface area contributed by atoms with Crippen molar-refractivity contribution in [3.8, 4) is 0 Å². The van der Waals surface area contributed by atoms with Gasteiger partial charge in [0.25, 0.3) is 0 Å². The Hall–Kier alpha value is -1.49. The average Bonchev–Trinajstić information content (AvgIpc) is 2.86. The van der Waals surface area contributed by atoms with Crippen LogP contribution in [0.15, 0.2) is 23.1 Å². The molecule has 1 N–H and O–H groups in total. The number of thioether (sulfide) groups is 1. The minimum Gasteiger partial charge on any atom is -0.480 e. The standard InChI is InChI=1S/C15H19NO3S/c1-10-5-6-13(11(2)8-10)20-9-14(17)16-7-3-4-12(16)15(18)19/h5-6,8,12H,3-4,7,9H2,1-2H3,(H,18,19)/t12-/m1/s1. The fraction of sp³-hybridized carbons (Fsp3) is 0.467. The van der Waals surface area contributed by atoms with Crippen molar-refractivity contribution >= 4 is 23.6 Å². The maximum Gasteiger partial charge on any atom is 0.326 e. The molecule has 0 unspecified atom stereocenters. The van der Waals surface area contributed by atoms with E-state index in [4.69, 9.17) is 5.11 Å². The molecule has 0 aromatic heterocycles. The molecule has 1 aromatic rings. The minimum atomic E-state index is -0.896. The normalized spacial score (nSPS) is 18.3. The number of rotatable bonds is 4. The monoisotopic (exact) mass is 293 g/mol. The summed E-state index contributed by atoms with van der Waals surface area (Å²) in [6, 6.07) is 5.49. The van der Waals surface area contributed by atoms with Gasteiger partial charge in [-0.3, -0.25) is 4.79 Å². The molecule has 0 saturated carbocycles. The van der Waals surface area contributed by atoms with E-state index in [9.17, 15) is 9.59 Å². The van der Waals surface area contributed by atoms with Gasteiger partial charge in [0.1, 0.15) is 6.04 Å². The number of aryl methyl sites for hydroxylation is 2. The van der Waals surface area contributed by atoms with Crippen LogP contribution in [0.5, 0.6) is 0 Å². The summed E-state index contributed by atoms with van der Waals surface area (Å²) in [5, 5.41) is 9.09. The van der Waals surface area contributed by atoms with Crippen LogP contribution in [0, 0.1) is 13.8 Å². The molecule has 1 fully saturated rings. The van der Waals surface area contributed by atoms with Crippen molar-refractivity contribution in [2.24, 2.45) is 0 Å². The first kappa shape index (κ1) is 14.9. The zero-order valence-electron chi connectivity index (χ0n) is 11.8. The van der Waals surface area contributed by atoms with Crippen molar-refractivity contribution in [3.05, 3.63) is 29.3 Å². The summed E-state index contributed by atoms with van der Waals surface area (Å²) in [5.41, 5.74) is 2.35. The van der Waals surface area contributed by atoms with Crippen molar-refractivity contribution < 1.29 is 14.7 Å². The highest BCUT2D eigenvalue weighted by molar-refractivity contribution is 8.00. The highest BCUT2D eigenvalue weighted by Crippen LogP contribution is 2.25. The quantitative estimate of drug-likeness (QED) is 0.866. The number of likely N-dealkylation sites (tertiary alicyclic amines) is 1. The fourth-order valence-corrected chi connectivity index (χ4v) is 3.40. The molecular formula is C15H19NO3S. The first-order chi connectivity index (χ1) is 9.49. The maximum absolute atomic E-state index is 12.2. The molecule has 20 heavy (non-hydrogen) atoms. The molecule has 1 heterocycles. The zero-order chi connectivity index (χ0) is 14.7. The number of carbonyl (C=O) groups excluding carboxylic acids is 1.